The summed E-state index contributed by atoms with van der Waals surface area (Å²) < 4.78 is 10.6. The average molecular weight is 370 g/mol. The van der Waals surface area contributed by atoms with Crippen molar-refractivity contribution in [3.63, 3.8) is 0 Å². The molecule has 26 heavy (non-hydrogen) atoms. The Hall–Kier alpha value is -2.93. The lowest BCUT2D eigenvalue weighted by molar-refractivity contribution is 0.268. The number of aliphatic imine (C=N–C) groups is 1. The molecule has 6 nitrogen and oxygen atoms in total. The first-order chi connectivity index (χ1) is 12.5. The van der Waals surface area contributed by atoms with Gasteiger partial charge in [-0.3, -0.25) is 4.79 Å². The maximum Gasteiger partial charge on any atom is 0.311 e. The Morgan fingerprint density at radius 1 is 1.08 bits per heavy atom. The highest BCUT2D eigenvalue weighted by Gasteiger charge is 2.25. The van der Waals surface area contributed by atoms with Crippen molar-refractivity contribution in [2.24, 2.45) is 4.99 Å². The lowest BCUT2D eigenvalue weighted by atomic mass is 10.1. The molecule has 0 aliphatic carbocycles. The van der Waals surface area contributed by atoms with Crippen LogP contribution in [0, 0.1) is 0 Å². The van der Waals surface area contributed by atoms with Crippen LogP contribution in [0.25, 0.3) is 6.08 Å². The highest BCUT2D eigenvalue weighted by Crippen LogP contribution is 2.34. The first-order valence-electron chi connectivity index (χ1n) is 7.79. The zero-order valence-corrected chi connectivity index (χ0v) is 15.4. The molecule has 0 bridgehead atoms. The standard InChI is InChI=1S/C19H18N2O4S/c1-21(13-5-7-14(22)8-6-13)18-17(26-19(23)20-18)11-12-4-9-15(24-2)16(10-12)25-3/h4-11,22H,1-3H3. The molecule has 1 N–H and O–H groups in total. The number of amides is 1. The first kappa shape index (κ1) is 17.9. The molecular formula is C19H18N2O4S. The van der Waals surface area contributed by atoms with Crippen molar-refractivity contribution >= 4 is 34.6 Å². The number of anilines is 1. The van der Waals surface area contributed by atoms with Gasteiger partial charge in [0.05, 0.1) is 19.1 Å². The largest absolute Gasteiger partial charge is 0.508 e. The Bertz CT molecular complexity index is 891. The van der Waals surface area contributed by atoms with Gasteiger partial charge in [-0.2, -0.15) is 4.99 Å². The number of benzene rings is 2. The second-order valence-electron chi connectivity index (χ2n) is 5.50. The molecule has 1 aliphatic rings. The number of amidine groups is 1. The minimum Gasteiger partial charge on any atom is -0.508 e. The fourth-order valence-electron chi connectivity index (χ4n) is 2.53. The highest BCUT2D eigenvalue weighted by molar-refractivity contribution is 8.18. The lowest BCUT2D eigenvalue weighted by Crippen LogP contribution is -2.25. The summed E-state index contributed by atoms with van der Waals surface area (Å²) in [6.45, 7) is 0. The molecule has 1 amide bonds. The van der Waals surface area contributed by atoms with Crippen LogP contribution in [0.1, 0.15) is 5.56 Å². The molecule has 0 unspecified atom stereocenters. The van der Waals surface area contributed by atoms with Crippen LogP contribution in [-0.4, -0.2) is 37.4 Å². The number of hydrogen-bond donors (Lipinski definition) is 1. The Labute approximate surface area is 155 Å². The predicted molar refractivity (Wildman–Crippen MR) is 104 cm³/mol. The van der Waals surface area contributed by atoms with Crippen LogP contribution in [0.4, 0.5) is 10.5 Å². The summed E-state index contributed by atoms with van der Waals surface area (Å²) in [4.78, 5) is 18.6. The first-order valence-corrected chi connectivity index (χ1v) is 8.61. The van der Waals surface area contributed by atoms with Gasteiger partial charge in [-0.25, -0.2) is 0 Å². The molecule has 7 heteroatoms. The third kappa shape index (κ3) is 3.67. The van der Waals surface area contributed by atoms with E-state index in [0.717, 1.165) is 27.9 Å². The Kier molecular flexibility index (Phi) is 5.18. The Balaban J connectivity index is 1.94. The van der Waals surface area contributed by atoms with Gasteiger partial charge in [-0.1, -0.05) is 6.07 Å². The van der Waals surface area contributed by atoms with Crippen molar-refractivity contribution in [2.75, 3.05) is 26.2 Å². The molecule has 0 atom stereocenters. The van der Waals surface area contributed by atoms with Crippen molar-refractivity contribution in [2.45, 2.75) is 0 Å². The van der Waals surface area contributed by atoms with E-state index in [4.69, 9.17) is 9.47 Å². The summed E-state index contributed by atoms with van der Waals surface area (Å²) in [6, 6.07) is 12.2. The van der Waals surface area contributed by atoms with Gasteiger partial charge in [0.15, 0.2) is 17.3 Å². The second kappa shape index (κ2) is 7.53. The monoisotopic (exact) mass is 370 g/mol. The summed E-state index contributed by atoms with van der Waals surface area (Å²) in [5.41, 5.74) is 1.68. The number of likely N-dealkylation sites (N-methyl/N-ethyl adjacent to an activating group) is 1. The van der Waals surface area contributed by atoms with Gasteiger partial charge in [0.1, 0.15) is 5.75 Å². The van der Waals surface area contributed by atoms with Crippen LogP contribution < -0.4 is 14.4 Å². The van der Waals surface area contributed by atoms with Crippen LogP contribution in [0.15, 0.2) is 52.4 Å². The number of phenolic OH excluding ortho intramolecular Hbond substituents is 1. The predicted octanol–water partition coefficient (Wildman–Crippen LogP) is 4.15. The molecule has 0 fully saturated rings. The van der Waals surface area contributed by atoms with E-state index in [1.165, 1.54) is 0 Å². The molecule has 0 aromatic heterocycles. The van der Waals surface area contributed by atoms with Gasteiger partial charge in [0.2, 0.25) is 0 Å². The summed E-state index contributed by atoms with van der Waals surface area (Å²) >= 11 is 1.07. The van der Waals surface area contributed by atoms with E-state index in [1.54, 1.807) is 38.5 Å². The number of carbonyl (C=O) groups excluding carboxylic acids is 1. The molecule has 0 spiro atoms. The molecule has 2 aromatic carbocycles. The van der Waals surface area contributed by atoms with Crippen molar-refractivity contribution < 1.29 is 19.4 Å². The maximum atomic E-state index is 11.9. The maximum absolute atomic E-state index is 11.9. The van der Waals surface area contributed by atoms with E-state index in [-0.39, 0.29) is 11.0 Å². The van der Waals surface area contributed by atoms with E-state index < -0.39 is 0 Å². The minimum atomic E-state index is -0.266. The minimum absolute atomic E-state index is 0.182. The Morgan fingerprint density at radius 3 is 2.42 bits per heavy atom. The molecular weight excluding hydrogens is 352 g/mol. The average Bonchev–Trinajstić information content (AvgIpc) is 3.01. The molecule has 2 aromatic rings. The number of methoxy groups -OCH3 is 2. The molecule has 3 rings (SSSR count). The molecule has 0 saturated heterocycles. The van der Waals surface area contributed by atoms with Gasteiger partial charge in [-0.15, -0.1) is 0 Å². The topological polar surface area (TPSA) is 71.4 Å². The van der Waals surface area contributed by atoms with Crippen LogP contribution in [0.5, 0.6) is 17.2 Å². The number of hydrogen-bond acceptors (Lipinski definition) is 6. The molecule has 0 radical (unpaired) electrons. The van der Waals surface area contributed by atoms with E-state index >= 15 is 0 Å². The van der Waals surface area contributed by atoms with Crippen molar-refractivity contribution in [3.05, 3.63) is 52.9 Å². The van der Waals surface area contributed by atoms with Gasteiger partial charge in [0, 0.05) is 12.7 Å². The third-order valence-electron chi connectivity index (χ3n) is 3.87. The van der Waals surface area contributed by atoms with Crippen molar-refractivity contribution in [1.82, 2.24) is 0 Å². The number of carbonyl (C=O) groups is 1. The van der Waals surface area contributed by atoms with Crippen LogP contribution in [0.2, 0.25) is 0 Å². The van der Waals surface area contributed by atoms with E-state index in [9.17, 15) is 9.90 Å². The Morgan fingerprint density at radius 2 is 1.77 bits per heavy atom. The van der Waals surface area contributed by atoms with Gasteiger partial charge in [-0.05, 0) is 59.8 Å². The smallest absolute Gasteiger partial charge is 0.311 e. The number of rotatable bonds is 4. The SMILES string of the molecule is COc1ccc(C=C2SC(=O)N=C2N(C)c2ccc(O)cc2)cc1OC. The van der Waals surface area contributed by atoms with E-state index in [0.29, 0.717) is 17.3 Å². The molecule has 1 aliphatic heterocycles. The number of aromatic hydroxyl groups is 1. The van der Waals surface area contributed by atoms with Crippen LogP contribution >= 0.6 is 11.8 Å². The number of ether oxygens (including phenoxy) is 2. The highest BCUT2D eigenvalue weighted by atomic mass is 32.2. The second-order valence-corrected chi connectivity index (χ2v) is 6.49. The fraction of sp³-hybridized carbons (Fsp3) is 0.158. The quantitative estimate of drug-likeness (QED) is 0.872. The fourth-order valence-corrected chi connectivity index (χ4v) is 3.32. The van der Waals surface area contributed by atoms with Gasteiger partial charge in [0.25, 0.3) is 0 Å². The number of thioether (sulfide) groups is 1. The molecule has 0 saturated carbocycles. The summed E-state index contributed by atoms with van der Waals surface area (Å²) in [7, 11) is 4.99. The van der Waals surface area contributed by atoms with E-state index in [2.05, 4.69) is 4.99 Å². The lowest BCUT2D eigenvalue weighted by Gasteiger charge is -2.19. The van der Waals surface area contributed by atoms with Crippen molar-refractivity contribution in [1.29, 1.82) is 0 Å². The van der Waals surface area contributed by atoms with Crippen LogP contribution in [0.3, 0.4) is 0 Å². The zero-order chi connectivity index (χ0) is 18.7. The molecule has 134 valence electrons. The third-order valence-corrected chi connectivity index (χ3v) is 4.66. The summed E-state index contributed by atoms with van der Waals surface area (Å²) in [6.07, 6.45) is 1.88. The van der Waals surface area contributed by atoms with Gasteiger partial charge < -0.3 is 19.5 Å². The zero-order valence-electron chi connectivity index (χ0n) is 14.6. The number of nitrogens with zero attached hydrogens (tertiary/aromatic N) is 2. The van der Waals surface area contributed by atoms with Gasteiger partial charge >= 0.3 is 5.24 Å². The summed E-state index contributed by atoms with van der Waals surface area (Å²) in [5.74, 6) is 1.99. The van der Waals surface area contributed by atoms with E-state index in [1.807, 2.05) is 36.2 Å². The van der Waals surface area contributed by atoms with Crippen LogP contribution in [-0.2, 0) is 0 Å². The normalized spacial score (nSPS) is 15.1. The van der Waals surface area contributed by atoms with Crippen molar-refractivity contribution in [3.8, 4) is 17.2 Å². The number of phenols is 1. The molecule has 1 heterocycles. The summed E-state index contributed by atoms with van der Waals surface area (Å²) in [5, 5.41) is 9.18.